The molecule has 0 saturated carbocycles. The van der Waals surface area contributed by atoms with Crippen LogP contribution >= 0.6 is 0 Å². The Morgan fingerprint density at radius 3 is 2.43 bits per heavy atom. The standard InChI is InChI=1S/C9H9F2O.CH3.Mn/c1-7(12)9(10,11)8-5-3-2-4-6-8;;/h2-3,5-7,12H,1H3;1H3;/q2*-1;+2/t7-;;/m0../s1. The van der Waals surface area contributed by atoms with E-state index in [9.17, 15) is 8.78 Å². The Labute approximate surface area is 93.6 Å². The molecule has 0 aliphatic rings. The van der Waals surface area contributed by atoms with Crippen LogP contribution in [0.2, 0.25) is 0 Å². The zero-order valence-electron chi connectivity index (χ0n) is 7.97. The molecule has 0 aliphatic heterocycles. The van der Waals surface area contributed by atoms with Gasteiger partial charge in [0.15, 0.2) is 0 Å². The van der Waals surface area contributed by atoms with Crippen molar-refractivity contribution in [2.45, 2.75) is 19.0 Å². The first kappa shape index (κ1) is 16.0. The van der Waals surface area contributed by atoms with Gasteiger partial charge in [-0.25, -0.2) is 8.78 Å². The Morgan fingerprint density at radius 2 is 2.07 bits per heavy atom. The summed E-state index contributed by atoms with van der Waals surface area (Å²) in [4.78, 5) is 0. The predicted octanol–water partition coefficient (Wildman–Crippen LogP) is 2.41. The van der Waals surface area contributed by atoms with Crippen LogP contribution in [-0.2, 0) is 23.0 Å². The summed E-state index contributed by atoms with van der Waals surface area (Å²) in [5.74, 6) is -3.18. The first-order valence-electron chi connectivity index (χ1n) is 3.57. The van der Waals surface area contributed by atoms with Crippen molar-refractivity contribution in [1.29, 1.82) is 0 Å². The molecule has 1 rings (SSSR count). The van der Waals surface area contributed by atoms with Crippen LogP contribution in [-0.4, -0.2) is 11.2 Å². The normalized spacial score (nSPS) is 12.3. The van der Waals surface area contributed by atoms with Crippen LogP contribution < -0.4 is 0 Å². The topological polar surface area (TPSA) is 20.2 Å². The Morgan fingerprint density at radius 1 is 1.50 bits per heavy atom. The Balaban J connectivity index is 0. The summed E-state index contributed by atoms with van der Waals surface area (Å²) >= 11 is 0. The molecule has 1 radical (unpaired) electrons. The largest absolute Gasteiger partial charge is 2.00 e. The van der Waals surface area contributed by atoms with Gasteiger partial charge in [-0.3, -0.25) is 0 Å². The molecule has 0 heterocycles. The van der Waals surface area contributed by atoms with E-state index in [1.54, 1.807) is 0 Å². The van der Waals surface area contributed by atoms with Gasteiger partial charge in [0.1, 0.15) is 6.10 Å². The van der Waals surface area contributed by atoms with Gasteiger partial charge in [0.05, 0.1) is 0 Å². The minimum Gasteiger partial charge on any atom is -0.388 e. The van der Waals surface area contributed by atoms with Gasteiger partial charge >= 0.3 is 17.1 Å². The second kappa shape index (κ2) is 6.12. The number of hydrogen-bond donors (Lipinski definition) is 1. The van der Waals surface area contributed by atoms with Crippen molar-refractivity contribution in [3.05, 3.63) is 43.3 Å². The summed E-state index contributed by atoms with van der Waals surface area (Å²) in [6.45, 7) is 1.06. The molecule has 4 heteroatoms. The fourth-order valence-electron chi connectivity index (χ4n) is 0.842. The minimum atomic E-state index is -3.18. The van der Waals surface area contributed by atoms with Crippen LogP contribution in [0, 0.1) is 13.5 Å². The van der Waals surface area contributed by atoms with E-state index < -0.39 is 12.0 Å². The van der Waals surface area contributed by atoms with Crippen LogP contribution in [0.1, 0.15) is 12.5 Å². The number of aliphatic hydroxyl groups excluding tert-OH is 1. The first-order chi connectivity index (χ1) is 5.55. The van der Waals surface area contributed by atoms with Crippen molar-refractivity contribution in [3.63, 3.8) is 0 Å². The molecule has 0 spiro atoms. The molecule has 14 heavy (non-hydrogen) atoms. The van der Waals surface area contributed by atoms with Gasteiger partial charge in [0.2, 0.25) is 0 Å². The van der Waals surface area contributed by atoms with Crippen LogP contribution in [0.25, 0.3) is 0 Å². The Kier molecular flexibility index (Phi) is 7.00. The Hall–Kier alpha value is -0.441. The van der Waals surface area contributed by atoms with Gasteiger partial charge in [0.25, 0.3) is 5.92 Å². The predicted molar refractivity (Wildman–Crippen MR) is 47.3 cm³/mol. The molecule has 1 N–H and O–H groups in total. The monoisotopic (exact) mass is 241 g/mol. The van der Waals surface area contributed by atoms with Crippen molar-refractivity contribution < 1.29 is 31.0 Å². The summed E-state index contributed by atoms with van der Waals surface area (Å²) in [6, 6.07) is 7.96. The molecule has 1 aromatic carbocycles. The minimum absolute atomic E-state index is 0. The molecule has 79 valence electrons. The maximum absolute atomic E-state index is 13.0. The number of benzene rings is 1. The summed E-state index contributed by atoms with van der Waals surface area (Å²) in [5.41, 5.74) is -0.208. The van der Waals surface area contributed by atoms with E-state index in [2.05, 4.69) is 6.07 Å². The smallest absolute Gasteiger partial charge is 0.388 e. The number of aliphatic hydroxyl groups is 1. The van der Waals surface area contributed by atoms with E-state index >= 15 is 0 Å². The van der Waals surface area contributed by atoms with Crippen molar-refractivity contribution in [1.82, 2.24) is 0 Å². The van der Waals surface area contributed by atoms with Gasteiger partial charge in [-0.05, 0) is 6.92 Å². The molecule has 1 aromatic rings. The van der Waals surface area contributed by atoms with Gasteiger partial charge in [-0.2, -0.15) is 30.3 Å². The molecular weight excluding hydrogens is 229 g/mol. The molecule has 0 saturated heterocycles. The van der Waals surface area contributed by atoms with Crippen LogP contribution in [0.5, 0.6) is 0 Å². The van der Waals surface area contributed by atoms with E-state index in [0.717, 1.165) is 6.92 Å². The molecule has 1 atom stereocenters. The van der Waals surface area contributed by atoms with Crippen molar-refractivity contribution in [3.8, 4) is 0 Å². The maximum Gasteiger partial charge on any atom is 2.00 e. The average molecular weight is 241 g/mol. The fourth-order valence-corrected chi connectivity index (χ4v) is 0.842. The third-order valence-corrected chi connectivity index (χ3v) is 1.62. The van der Waals surface area contributed by atoms with Gasteiger partial charge in [-0.15, -0.1) is 0 Å². The fraction of sp³-hybridized carbons (Fsp3) is 0.300. The summed E-state index contributed by atoms with van der Waals surface area (Å²) < 4.78 is 26.0. The average Bonchev–Trinajstić information content (AvgIpc) is 2.06. The van der Waals surface area contributed by atoms with Crippen molar-refractivity contribution >= 4 is 0 Å². The quantitative estimate of drug-likeness (QED) is 0.622. The number of hydrogen-bond acceptors (Lipinski definition) is 1. The molecule has 0 bridgehead atoms. The van der Waals surface area contributed by atoms with Crippen molar-refractivity contribution in [2.24, 2.45) is 0 Å². The summed E-state index contributed by atoms with van der Waals surface area (Å²) in [6.07, 6.45) is -1.67. The van der Waals surface area contributed by atoms with E-state index in [0.29, 0.717) is 0 Å². The molecule has 0 fully saturated rings. The van der Waals surface area contributed by atoms with Crippen LogP contribution in [0.3, 0.4) is 0 Å². The first-order valence-corrected chi connectivity index (χ1v) is 3.57. The van der Waals surface area contributed by atoms with Crippen LogP contribution in [0.4, 0.5) is 8.78 Å². The number of halogens is 2. The number of alkyl halides is 2. The molecule has 0 aliphatic carbocycles. The second-order valence-corrected chi connectivity index (χ2v) is 2.59. The van der Waals surface area contributed by atoms with Gasteiger partial charge in [0, 0.05) is 0 Å². The van der Waals surface area contributed by atoms with E-state index in [1.807, 2.05) is 0 Å². The van der Waals surface area contributed by atoms with Crippen LogP contribution in [0.15, 0.2) is 24.3 Å². The maximum atomic E-state index is 13.0. The van der Waals surface area contributed by atoms with Gasteiger partial charge in [-0.1, -0.05) is 5.56 Å². The third kappa shape index (κ3) is 3.37. The molecule has 0 aromatic heterocycles. The zero-order valence-corrected chi connectivity index (χ0v) is 9.15. The second-order valence-electron chi connectivity index (χ2n) is 2.59. The molecule has 0 unspecified atom stereocenters. The van der Waals surface area contributed by atoms with E-state index in [-0.39, 0.29) is 30.1 Å². The Bertz CT molecular complexity index is 250. The number of rotatable bonds is 2. The van der Waals surface area contributed by atoms with E-state index in [4.69, 9.17) is 5.11 Å². The summed E-state index contributed by atoms with van der Waals surface area (Å²) in [5, 5.41) is 8.77. The molecule has 0 amide bonds. The van der Waals surface area contributed by atoms with E-state index in [1.165, 1.54) is 24.3 Å². The summed E-state index contributed by atoms with van der Waals surface area (Å²) in [7, 11) is 0. The molecule has 1 nitrogen and oxygen atoms in total. The third-order valence-electron chi connectivity index (χ3n) is 1.62. The van der Waals surface area contributed by atoms with Gasteiger partial charge < -0.3 is 12.5 Å². The SMILES string of the molecule is C[C@H](O)C(F)(F)c1c[c-]ccc1.[CH3-].[Mn+2]. The zero-order chi connectivity index (χ0) is 9.19. The molecular formula is C10H12F2MnO. The van der Waals surface area contributed by atoms with Crippen molar-refractivity contribution in [2.75, 3.05) is 0 Å².